The van der Waals surface area contributed by atoms with Crippen LogP contribution in [0.5, 0.6) is 0 Å². The number of aromatic amines is 1. The van der Waals surface area contributed by atoms with Gasteiger partial charge in [-0.15, -0.1) is 0 Å². The van der Waals surface area contributed by atoms with E-state index in [1.165, 1.54) is 0 Å². The van der Waals surface area contributed by atoms with Gasteiger partial charge in [0, 0.05) is 0 Å². The first-order valence-corrected chi connectivity index (χ1v) is 5.43. The third-order valence-electron chi connectivity index (χ3n) is 1.91. The fraction of sp³-hybridized carbons (Fsp3) is 0. The maximum atomic E-state index is 11.0. The Kier molecular flexibility index (Phi) is 2.66. The van der Waals surface area contributed by atoms with Gasteiger partial charge in [-0.05, 0) is 17.8 Å². The van der Waals surface area contributed by atoms with Crippen molar-refractivity contribution in [3.05, 3.63) is 39.2 Å². The first-order valence-electron chi connectivity index (χ1n) is 4.20. The fourth-order valence-electron chi connectivity index (χ4n) is 1.29. The molecule has 0 radical (unpaired) electrons. The summed E-state index contributed by atoms with van der Waals surface area (Å²) in [7, 11) is 0. The minimum Gasteiger partial charge on any atom is -0.477 e. The van der Waals surface area contributed by atoms with Crippen LogP contribution in [-0.4, -0.2) is 16.1 Å². The molecular weight excluding hydrogens is 230 g/mol. The largest absolute Gasteiger partial charge is 0.477 e. The molecule has 1 aromatic carbocycles. The number of carboxylic acid groups (broad SMARTS) is 1. The molecule has 0 atom stereocenters. The molecule has 2 rings (SSSR count). The van der Waals surface area contributed by atoms with Crippen LogP contribution in [0.25, 0.3) is 11.3 Å². The normalized spacial score (nSPS) is 10.1. The molecule has 0 unspecified atom stereocenters. The predicted molar refractivity (Wildman–Crippen MR) is 61.9 cm³/mol. The van der Waals surface area contributed by atoms with E-state index < -0.39 is 5.97 Å². The smallest absolute Gasteiger partial charge is 0.348 e. The van der Waals surface area contributed by atoms with Crippen LogP contribution in [0.4, 0.5) is 0 Å². The van der Waals surface area contributed by atoms with Crippen molar-refractivity contribution < 1.29 is 9.90 Å². The van der Waals surface area contributed by atoms with Crippen LogP contribution in [0.2, 0.25) is 0 Å². The van der Waals surface area contributed by atoms with Gasteiger partial charge in [-0.2, -0.15) is 0 Å². The van der Waals surface area contributed by atoms with Crippen LogP contribution in [0.1, 0.15) is 9.67 Å². The Labute approximate surface area is 95.0 Å². The first-order chi connectivity index (χ1) is 7.18. The lowest BCUT2D eigenvalue weighted by molar-refractivity contribution is 0.0702. The Bertz CT molecular complexity index is 542. The third-order valence-corrected chi connectivity index (χ3v) is 3.13. The molecule has 0 fully saturated rings. The second-order valence-corrected chi connectivity index (χ2v) is 4.58. The van der Waals surface area contributed by atoms with E-state index in [-0.39, 0.29) is 4.88 Å². The SMILES string of the molecule is O=C(O)c1sc(=S)[nH]c1-c1ccccc1. The Morgan fingerprint density at radius 1 is 1.33 bits per heavy atom. The lowest BCUT2D eigenvalue weighted by Crippen LogP contribution is -1.95. The van der Waals surface area contributed by atoms with E-state index in [4.69, 9.17) is 17.3 Å². The number of hydrogen-bond donors (Lipinski definition) is 2. The molecule has 2 aromatic rings. The summed E-state index contributed by atoms with van der Waals surface area (Å²) in [6.07, 6.45) is 0. The molecule has 0 aliphatic heterocycles. The van der Waals surface area contributed by atoms with Crippen molar-refractivity contribution in [2.24, 2.45) is 0 Å². The van der Waals surface area contributed by atoms with Gasteiger partial charge in [-0.1, -0.05) is 41.7 Å². The summed E-state index contributed by atoms with van der Waals surface area (Å²) in [5, 5.41) is 8.98. The van der Waals surface area contributed by atoms with E-state index in [1.54, 1.807) is 0 Å². The Morgan fingerprint density at radius 2 is 2.00 bits per heavy atom. The second-order valence-electron chi connectivity index (χ2n) is 2.89. The summed E-state index contributed by atoms with van der Waals surface area (Å²) in [5.74, 6) is -0.953. The van der Waals surface area contributed by atoms with Gasteiger partial charge >= 0.3 is 5.97 Å². The number of aromatic nitrogens is 1. The van der Waals surface area contributed by atoms with Gasteiger partial charge in [0.2, 0.25) is 0 Å². The molecule has 0 saturated heterocycles. The molecule has 0 spiro atoms. The van der Waals surface area contributed by atoms with Crippen LogP contribution in [0, 0.1) is 3.95 Å². The molecule has 0 saturated carbocycles. The highest BCUT2D eigenvalue weighted by atomic mass is 32.1. The van der Waals surface area contributed by atoms with Crippen LogP contribution in [-0.2, 0) is 0 Å². The quantitative estimate of drug-likeness (QED) is 0.789. The van der Waals surface area contributed by atoms with Gasteiger partial charge in [0.05, 0.1) is 5.69 Å². The molecule has 1 aromatic heterocycles. The van der Waals surface area contributed by atoms with Gasteiger partial charge < -0.3 is 10.1 Å². The van der Waals surface area contributed by atoms with E-state index in [1.807, 2.05) is 30.3 Å². The zero-order valence-electron chi connectivity index (χ0n) is 7.56. The van der Waals surface area contributed by atoms with Crippen molar-refractivity contribution in [3.8, 4) is 11.3 Å². The summed E-state index contributed by atoms with van der Waals surface area (Å²) in [6.45, 7) is 0. The van der Waals surface area contributed by atoms with E-state index in [9.17, 15) is 4.79 Å². The average molecular weight is 237 g/mol. The van der Waals surface area contributed by atoms with Crippen molar-refractivity contribution in [2.75, 3.05) is 0 Å². The summed E-state index contributed by atoms with van der Waals surface area (Å²) < 4.78 is 0.478. The zero-order valence-corrected chi connectivity index (χ0v) is 9.19. The van der Waals surface area contributed by atoms with Crippen LogP contribution >= 0.6 is 23.6 Å². The third kappa shape index (κ3) is 1.98. The standard InChI is InChI=1S/C10H7NO2S2/c12-9(13)8-7(11-10(14)15-8)6-4-2-1-3-5-6/h1-5H,(H,11,14)(H,12,13). The van der Waals surface area contributed by atoms with Crippen LogP contribution in [0.15, 0.2) is 30.3 Å². The molecule has 3 nitrogen and oxygen atoms in total. The molecule has 0 aliphatic rings. The number of aromatic carboxylic acids is 1. The summed E-state index contributed by atoms with van der Waals surface area (Å²) in [6, 6.07) is 9.29. The number of hydrogen-bond acceptors (Lipinski definition) is 3. The highest BCUT2D eigenvalue weighted by Gasteiger charge is 2.14. The molecule has 2 N–H and O–H groups in total. The molecule has 1 heterocycles. The number of benzene rings is 1. The number of carboxylic acids is 1. The summed E-state index contributed by atoms with van der Waals surface area (Å²) in [5.41, 5.74) is 1.42. The van der Waals surface area contributed by atoms with Gasteiger partial charge in [0.15, 0.2) is 3.95 Å². The molecule has 15 heavy (non-hydrogen) atoms. The maximum absolute atomic E-state index is 11.0. The van der Waals surface area contributed by atoms with Gasteiger partial charge in [-0.3, -0.25) is 0 Å². The van der Waals surface area contributed by atoms with E-state index in [2.05, 4.69) is 4.98 Å². The summed E-state index contributed by atoms with van der Waals surface area (Å²) in [4.78, 5) is 14.1. The van der Waals surface area contributed by atoms with E-state index in [0.717, 1.165) is 16.9 Å². The molecule has 76 valence electrons. The molecule has 0 bridgehead atoms. The van der Waals surface area contributed by atoms with Gasteiger partial charge in [0.25, 0.3) is 0 Å². The Morgan fingerprint density at radius 3 is 2.60 bits per heavy atom. The lowest BCUT2D eigenvalue weighted by Gasteiger charge is -1.98. The number of nitrogens with one attached hydrogen (secondary N) is 1. The highest BCUT2D eigenvalue weighted by molar-refractivity contribution is 7.73. The molecule has 0 amide bonds. The van der Waals surface area contributed by atoms with Crippen molar-refractivity contribution in [1.82, 2.24) is 4.98 Å². The topological polar surface area (TPSA) is 53.1 Å². The average Bonchev–Trinajstić information content (AvgIpc) is 2.62. The Hall–Kier alpha value is -1.46. The van der Waals surface area contributed by atoms with Gasteiger partial charge in [-0.25, -0.2) is 4.79 Å². The highest BCUT2D eigenvalue weighted by Crippen LogP contribution is 2.26. The van der Waals surface area contributed by atoms with Crippen molar-refractivity contribution in [1.29, 1.82) is 0 Å². The zero-order chi connectivity index (χ0) is 10.8. The maximum Gasteiger partial charge on any atom is 0.348 e. The first kappa shape index (κ1) is 10.1. The van der Waals surface area contributed by atoms with Crippen molar-refractivity contribution in [2.45, 2.75) is 0 Å². The fourth-order valence-corrected chi connectivity index (χ4v) is 2.34. The van der Waals surface area contributed by atoms with Crippen molar-refractivity contribution in [3.63, 3.8) is 0 Å². The minimum atomic E-state index is -0.953. The number of rotatable bonds is 2. The molecular formula is C10H7NO2S2. The number of H-pyrrole nitrogens is 1. The Balaban J connectivity index is 2.63. The number of carbonyl (C=O) groups is 1. The summed E-state index contributed by atoms with van der Waals surface area (Å²) >= 11 is 6.02. The molecule has 0 aliphatic carbocycles. The van der Waals surface area contributed by atoms with Crippen molar-refractivity contribution >= 4 is 29.5 Å². The lowest BCUT2D eigenvalue weighted by atomic mass is 10.1. The monoisotopic (exact) mass is 237 g/mol. The predicted octanol–water partition coefficient (Wildman–Crippen LogP) is 3.17. The van der Waals surface area contributed by atoms with E-state index in [0.29, 0.717) is 9.65 Å². The molecule has 5 heteroatoms. The minimum absolute atomic E-state index is 0.256. The number of thiazole rings is 1. The van der Waals surface area contributed by atoms with Gasteiger partial charge in [0.1, 0.15) is 4.88 Å². The van der Waals surface area contributed by atoms with E-state index >= 15 is 0 Å². The van der Waals surface area contributed by atoms with Crippen LogP contribution in [0.3, 0.4) is 0 Å². The second kappa shape index (κ2) is 3.96. The van der Waals surface area contributed by atoms with Crippen LogP contribution < -0.4 is 0 Å².